The van der Waals surface area contributed by atoms with Crippen LogP contribution in [0.5, 0.6) is 0 Å². The molecular weight excluding hydrogens is 368 g/mol. The van der Waals surface area contributed by atoms with Gasteiger partial charge in [0.05, 0.1) is 5.69 Å². The van der Waals surface area contributed by atoms with Gasteiger partial charge in [0.15, 0.2) is 5.78 Å². The summed E-state index contributed by atoms with van der Waals surface area (Å²) in [6, 6.07) is 9.01. The molecule has 0 aliphatic rings. The first-order chi connectivity index (χ1) is 8.49. The standard InChI is InChI=1S/C13H8ClFINO/c14-8-2-3-11(16)9(6-8)13(18)7-1-4-12(17)10(15)5-7/h1-6H,17H2. The van der Waals surface area contributed by atoms with Gasteiger partial charge in [-0.25, -0.2) is 4.39 Å². The van der Waals surface area contributed by atoms with E-state index in [9.17, 15) is 9.18 Å². The zero-order valence-corrected chi connectivity index (χ0v) is 12.0. The topological polar surface area (TPSA) is 43.1 Å². The first-order valence-corrected chi connectivity index (χ1v) is 6.49. The smallest absolute Gasteiger partial charge is 0.194 e. The lowest BCUT2D eigenvalue weighted by atomic mass is 10.0. The van der Waals surface area contributed by atoms with Crippen LogP contribution in [0.25, 0.3) is 0 Å². The van der Waals surface area contributed by atoms with Gasteiger partial charge in [0.25, 0.3) is 0 Å². The van der Waals surface area contributed by atoms with Gasteiger partial charge in [-0.2, -0.15) is 0 Å². The lowest BCUT2D eigenvalue weighted by Gasteiger charge is -2.05. The maximum Gasteiger partial charge on any atom is 0.194 e. The quantitative estimate of drug-likeness (QED) is 0.491. The monoisotopic (exact) mass is 375 g/mol. The van der Waals surface area contributed by atoms with Crippen molar-refractivity contribution in [3.8, 4) is 0 Å². The highest BCUT2D eigenvalue weighted by Crippen LogP contribution is 2.22. The number of rotatable bonds is 2. The van der Waals surface area contributed by atoms with Crippen LogP contribution in [0.15, 0.2) is 36.4 Å². The molecule has 2 aromatic rings. The van der Waals surface area contributed by atoms with Crippen LogP contribution < -0.4 is 5.73 Å². The minimum Gasteiger partial charge on any atom is -0.396 e. The summed E-state index contributed by atoms with van der Waals surface area (Å²) in [5, 5.41) is 0.467. The minimum atomic E-state index is -0.599. The Bertz CT molecular complexity index is 630. The molecule has 5 heteroatoms. The zero-order chi connectivity index (χ0) is 13.3. The van der Waals surface area contributed by atoms with Crippen LogP contribution in [0.1, 0.15) is 15.9 Å². The van der Waals surface area contributed by atoms with Crippen molar-refractivity contribution in [1.29, 1.82) is 0 Å². The highest BCUT2D eigenvalue weighted by molar-refractivity contribution is 14.1. The van der Waals surface area contributed by atoms with E-state index in [2.05, 4.69) is 0 Å². The van der Waals surface area contributed by atoms with Crippen molar-refractivity contribution in [2.24, 2.45) is 0 Å². The number of anilines is 1. The van der Waals surface area contributed by atoms with E-state index in [1.165, 1.54) is 12.1 Å². The molecule has 0 aliphatic heterocycles. The molecule has 2 aromatic carbocycles. The van der Waals surface area contributed by atoms with Gasteiger partial charge in [-0.05, 0) is 59.0 Å². The lowest BCUT2D eigenvalue weighted by Crippen LogP contribution is -2.05. The van der Waals surface area contributed by atoms with Crippen LogP contribution >= 0.6 is 34.2 Å². The van der Waals surface area contributed by atoms with Gasteiger partial charge in [-0.1, -0.05) is 11.6 Å². The number of carbonyl (C=O) groups excluding carboxylic acids is 1. The van der Waals surface area contributed by atoms with E-state index in [4.69, 9.17) is 17.3 Å². The average Bonchev–Trinajstić information content (AvgIpc) is 2.35. The summed E-state index contributed by atoms with van der Waals surface area (Å²) in [7, 11) is 0. The van der Waals surface area contributed by atoms with Crippen molar-refractivity contribution in [2.75, 3.05) is 5.73 Å². The molecule has 0 bridgehead atoms. The van der Waals surface area contributed by atoms with Crippen LogP contribution in [0.4, 0.5) is 10.1 Å². The summed E-state index contributed by atoms with van der Waals surface area (Å²) >= 11 is 7.89. The Hall–Kier alpha value is -1.14. The summed E-state index contributed by atoms with van der Waals surface area (Å²) in [4.78, 5) is 12.2. The number of carbonyl (C=O) groups is 1. The van der Waals surface area contributed by atoms with Gasteiger partial charge in [-0.3, -0.25) is 4.79 Å². The largest absolute Gasteiger partial charge is 0.396 e. The molecule has 0 unspecified atom stereocenters. The Balaban J connectivity index is 2.47. The molecule has 2 N–H and O–H groups in total. The first-order valence-electron chi connectivity index (χ1n) is 5.04. The van der Waals surface area contributed by atoms with Crippen molar-refractivity contribution in [3.05, 3.63) is 61.9 Å². The highest BCUT2D eigenvalue weighted by Gasteiger charge is 2.14. The summed E-state index contributed by atoms with van der Waals surface area (Å²) < 4.78 is 14.1. The molecule has 0 saturated carbocycles. The molecule has 0 heterocycles. The number of ketones is 1. The molecule has 0 spiro atoms. The van der Waals surface area contributed by atoms with Crippen LogP contribution in [-0.2, 0) is 0 Å². The SMILES string of the molecule is Nc1ccc(C(=O)c2cc(Cl)ccc2I)cc1F. The van der Waals surface area contributed by atoms with Gasteiger partial charge in [-0.15, -0.1) is 0 Å². The van der Waals surface area contributed by atoms with Crippen molar-refractivity contribution in [2.45, 2.75) is 0 Å². The second-order valence-corrected chi connectivity index (χ2v) is 5.29. The third-order valence-corrected chi connectivity index (χ3v) is 3.61. The summed E-state index contributed by atoms with van der Waals surface area (Å²) in [5.41, 5.74) is 6.10. The second kappa shape index (κ2) is 5.24. The van der Waals surface area contributed by atoms with Gasteiger partial charge in [0.2, 0.25) is 0 Å². The average molecular weight is 376 g/mol. The fourth-order valence-corrected chi connectivity index (χ4v) is 2.25. The Morgan fingerprint density at radius 3 is 2.61 bits per heavy atom. The van der Waals surface area contributed by atoms with Crippen LogP contribution in [0, 0.1) is 9.39 Å². The number of hydrogen-bond donors (Lipinski definition) is 1. The maximum absolute atomic E-state index is 13.3. The number of hydrogen-bond acceptors (Lipinski definition) is 2. The number of halogens is 3. The van der Waals surface area contributed by atoms with Crippen molar-refractivity contribution >= 4 is 45.7 Å². The van der Waals surface area contributed by atoms with Crippen LogP contribution in [0.3, 0.4) is 0 Å². The van der Waals surface area contributed by atoms with E-state index < -0.39 is 5.82 Å². The third kappa shape index (κ3) is 2.64. The molecular formula is C13H8ClFINO. The second-order valence-electron chi connectivity index (χ2n) is 3.69. The third-order valence-electron chi connectivity index (χ3n) is 2.44. The summed E-state index contributed by atoms with van der Waals surface area (Å²) in [6.07, 6.45) is 0. The van der Waals surface area contributed by atoms with Crippen molar-refractivity contribution in [3.63, 3.8) is 0 Å². The highest BCUT2D eigenvalue weighted by atomic mass is 127. The Morgan fingerprint density at radius 1 is 1.22 bits per heavy atom. The Labute approximate surface area is 122 Å². The van der Waals surface area contributed by atoms with E-state index in [0.717, 1.165) is 9.64 Å². The number of benzene rings is 2. The molecule has 2 rings (SSSR count). The van der Waals surface area contributed by atoms with E-state index in [-0.39, 0.29) is 17.0 Å². The van der Waals surface area contributed by atoms with Gasteiger partial charge in [0.1, 0.15) is 5.82 Å². The Morgan fingerprint density at radius 2 is 1.94 bits per heavy atom. The van der Waals surface area contributed by atoms with Crippen LogP contribution in [0.2, 0.25) is 5.02 Å². The van der Waals surface area contributed by atoms with Crippen LogP contribution in [-0.4, -0.2) is 5.78 Å². The van der Waals surface area contributed by atoms with E-state index in [1.807, 2.05) is 22.6 Å². The fourth-order valence-electron chi connectivity index (χ4n) is 1.50. The molecule has 0 amide bonds. The number of nitrogens with two attached hydrogens (primary N) is 1. The van der Waals surface area contributed by atoms with Gasteiger partial charge in [0, 0.05) is 19.7 Å². The molecule has 0 radical (unpaired) electrons. The van der Waals surface area contributed by atoms with E-state index >= 15 is 0 Å². The van der Waals surface area contributed by atoms with Crippen molar-refractivity contribution < 1.29 is 9.18 Å². The molecule has 0 fully saturated rings. The minimum absolute atomic E-state index is 0.0207. The van der Waals surface area contributed by atoms with Crippen molar-refractivity contribution in [1.82, 2.24) is 0 Å². The lowest BCUT2D eigenvalue weighted by molar-refractivity contribution is 0.103. The predicted octanol–water partition coefficient (Wildman–Crippen LogP) is 3.90. The molecule has 0 saturated heterocycles. The normalized spacial score (nSPS) is 10.4. The summed E-state index contributed by atoms with van der Waals surface area (Å²) in [6.45, 7) is 0. The Kier molecular flexibility index (Phi) is 3.87. The predicted molar refractivity (Wildman–Crippen MR) is 78.4 cm³/mol. The zero-order valence-electron chi connectivity index (χ0n) is 9.08. The molecule has 2 nitrogen and oxygen atoms in total. The molecule has 0 atom stereocenters. The van der Waals surface area contributed by atoms with E-state index in [0.29, 0.717) is 10.6 Å². The first kappa shape index (κ1) is 13.3. The molecule has 0 aliphatic carbocycles. The molecule has 18 heavy (non-hydrogen) atoms. The van der Waals surface area contributed by atoms with Gasteiger partial charge >= 0.3 is 0 Å². The molecule has 92 valence electrons. The number of nitrogen functional groups attached to an aromatic ring is 1. The molecule has 0 aromatic heterocycles. The summed E-state index contributed by atoms with van der Waals surface area (Å²) in [5.74, 6) is -0.876. The fraction of sp³-hybridized carbons (Fsp3) is 0. The maximum atomic E-state index is 13.3. The van der Waals surface area contributed by atoms with E-state index in [1.54, 1.807) is 18.2 Å². The van der Waals surface area contributed by atoms with Gasteiger partial charge < -0.3 is 5.73 Å².